The standard InChI is InChI=1S/C14H15F2NO4/c15-14(16)21-11-3-1-2-10(8-11)12(18)17-6-4-9(5-7-17)13(19)20/h1-3,8-9,14H,4-7H2,(H,19,20). The number of likely N-dealkylation sites (tertiary alicyclic amines) is 1. The Balaban J connectivity index is 2.02. The highest BCUT2D eigenvalue weighted by molar-refractivity contribution is 5.94. The Bertz CT molecular complexity index is 527. The first-order chi connectivity index (χ1) is 9.97. The third kappa shape index (κ3) is 3.90. The van der Waals surface area contributed by atoms with Crippen LogP contribution >= 0.6 is 0 Å². The van der Waals surface area contributed by atoms with Gasteiger partial charge in [-0.2, -0.15) is 8.78 Å². The maximum absolute atomic E-state index is 12.2. The molecule has 7 heteroatoms. The van der Waals surface area contributed by atoms with Crippen LogP contribution in [0.1, 0.15) is 23.2 Å². The van der Waals surface area contributed by atoms with Gasteiger partial charge in [0.05, 0.1) is 5.92 Å². The molecule has 1 saturated heterocycles. The second-order valence-corrected chi connectivity index (χ2v) is 4.81. The molecule has 0 atom stereocenters. The van der Waals surface area contributed by atoms with Crippen molar-refractivity contribution in [2.24, 2.45) is 5.92 Å². The van der Waals surface area contributed by atoms with Gasteiger partial charge < -0.3 is 14.7 Å². The van der Waals surface area contributed by atoms with Gasteiger partial charge >= 0.3 is 12.6 Å². The molecule has 1 heterocycles. The van der Waals surface area contributed by atoms with Gasteiger partial charge in [-0.3, -0.25) is 9.59 Å². The van der Waals surface area contributed by atoms with Crippen LogP contribution in [0.4, 0.5) is 8.78 Å². The predicted molar refractivity (Wildman–Crippen MR) is 69.3 cm³/mol. The largest absolute Gasteiger partial charge is 0.481 e. The molecule has 5 nitrogen and oxygen atoms in total. The third-order valence-electron chi connectivity index (χ3n) is 3.44. The van der Waals surface area contributed by atoms with E-state index < -0.39 is 18.5 Å². The molecule has 0 aliphatic carbocycles. The molecule has 1 aliphatic rings. The monoisotopic (exact) mass is 299 g/mol. The van der Waals surface area contributed by atoms with Crippen LogP contribution in [0.25, 0.3) is 0 Å². The van der Waals surface area contributed by atoms with E-state index in [9.17, 15) is 18.4 Å². The topological polar surface area (TPSA) is 66.8 Å². The number of carboxylic acid groups (broad SMARTS) is 1. The molecule has 1 aliphatic heterocycles. The van der Waals surface area contributed by atoms with E-state index in [1.807, 2.05) is 0 Å². The van der Waals surface area contributed by atoms with Gasteiger partial charge in [0.15, 0.2) is 0 Å². The lowest BCUT2D eigenvalue weighted by molar-refractivity contribution is -0.143. The first kappa shape index (κ1) is 15.2. The quantitative estimate of drug-likeness (QED) is 0.925. The van der Waals surface area contributed by atoms with Gasteiger partial charge in [-0.05, 0) is 31.0 Å². The van der Waals surface area contributed by atoms with Gasteiger partial charge in [-0.25, -0.2) is 0 Å². The van der Waals surface area contributed by atoms with Crippen LogP contribution in [-0.2, 0) is 4.79 Å². The Hall–Kier alpha value is -2.18. The molecule has 21 heavy (non-hydrogen) atoms. The zero-order chi connectivity index (χ0) is 15.4. The fourth-order valence-corrected chi connectivity index (χ4v) is 2.32. The van der Waals surface area contributed by atoms with Gasteiger partial charge in [0, 0.05) is 18.7 Å². The summed E-state index contributed by atoms with van der Waals surface area (Å²) in [5.41, 5.74) is 0.252. The van der Waals surface area contributed by atoms with Crippen molar-refractivity contribution in [3.63, 3.8) is 0 Å². The van der Waals surface area contributed by atoms with E-state index in [1.165, 1.54) is 29.2 Å². The van der Waals surface area contributed by atoms with E-state index in [4.69, 9.17) is 5.11 Å². The summed E-state index contributed by atoms with van der Waals surface area (Å²) in [4.78, 5) is 24.6. The summed E-state index contributed by atoms with van der Waals surface area (Å²) in [6, 6.07) is 5.59. The number of ether oxygens (including phenoxy) is 1. The number of hydrogen-bond donors (Lipinski definition) is 1. The van der Waals surface area contributed by atoms with Crippen molar-refractivity contribution in [3.8, 4) is 5.75 Å². The molecule has 1 fully saturated rings. The van der Waals surface area contributed by atoms with Gasteiger partial charge in [-0.1, -0.05) is 6.07 Å². The van der Waals surface area contributed by atoms with Crippen LogP contribution in [0, 0.1) is 5.92 Å². The second-order valence-electron chi connectivity index (χ2n) is 4.81. The zero-order valence-corrected chi connectivity index (χ0v) is 11.2. The molecule has 1 aromatic carbocycles. The predicted octanol–water partition coefficient (Wildman–Crippen LogP) is 2.22. The van der Waals surface area contributed by atoms with Crippen LogP contribution in [0.2, 0.25) is 0 Å². The van der Waals surface area contributed by atoms with Crippen molar-refractivity contribution in [1.82, 2.24) is 4.90 Å². The number of hydrogen-bond acceptors (Lipinski definition) is 3. The molecule has 1 N–H and O–H groups in total. The number of rotatable bonds is 4. The van der Waals surface area contributed by atoms with E-state index in [0.717, 1.165) is 0 Å². The van der Waals surface area contributed by atoms with E-state index in [0.29, 0.717) is 25.9 Å². The lowest BCUT2D eigenvalue weighted by Crippen LogP contribution is -2.40. The van der Waals surface area contributed by atoms with Crippen LogP contribution in [-0.4, -0.2) is 41.6 Å². The molecule has 2 rings (SSSR count). The van der Waals surface area contributed by atoms with Crippen molar-refractivity contribution < 1.29 is 28.2 Å². The maximum Gasteiger partial charge on any atom is 0.387 e. The van der Waals surface area contributed by atoms with E-state index in [-0.39, 0.29) is 17.2 Å². The average Bonchev–Trinajstić information content (AvgIpc) is 2.46. The molecule has 0 spiro atoms. The average molecular weight is 299 g/mol. The third-order valence-corrected chi connectivity index (χ3v) is 3.44. The highest BCUT2D eigenvalue weighted by atomic mass is 19.3. The first-order valence-corrected chi connectivity index (χ1v) is 6.54. The summed E-state index contributed by atoms with van der Waals surface area (Å²) in [5, 5.41) is 8.91. The minimum Gasteiger partial charge on any atom is -0.481 e. The minimum absolute atomic E-state index is 0.0729. The Morgan fingerprint density at radius 2 is 1.95 bits per heavy atom. The Kier molecular flexibility index (Phi) is 4.72. The molecule has 0 unspecified atom stereocenters. The van der Waals surface area contributed by atoms with Crippen LogP contribution < -0.4 is 4.74 Å². The SMILES string of the molecule is O=C(O)C1CCN(C(=O)c2cccc(OC(F)F)c2)CC1. The highest BCUT2D eigenvalue weighted by Crippen LogP contribution is 2.21. The van der Waals surface area contributed by atoms with E-state index >= 15 is 0 Å². The van der Waals surface area contributed by atoms with E-state index in [2.05, 4.69) is 4.74 Å². The molecule has 1 aromatic rings. The summed E-state index contributed by atoms with van der Waals surface area (Å²) in [7, 11) is 0. The summed E-state index contributed by atoms with van der Waals surface area (Å²) in [5.74, 6) is -1.66. The number of benzene rings is 1. The molecule has 0 aromatic heterocycles. The Morgan fingerprint density at radius 3 is 2.52 bits per heavy atom. The van der Waals surface area contributed by atoms with Crippen LogP contribution in [0.5, 0.6) is 5.75 Å². The number of aliphatic carboxylic acids is 1. The van der Waals surface area contributed by atoms with Gasteiger partial charge in [0.25, 0.3) is 5.91 Å². The van der Waals surface area contributed by atoms with E-state index in [1.54, 1.807) is 0 Å². The molecule has 114 valence electrons. The number of alkyl halides is 2. The van der Waals surface area contributed by atoms with Crippen LogP contribution in [0.3, 0.4) is 0 Å². The number of amides is 1. The second kappa shape index (κ2) is 6.51. The lowest BCUT2D eigenvalue weighted by Gasteiger charge is -2.30. The lowest BCUT2D eigenvalue weighted by atomic mass is 9.96. The number of carbonyl (C=O) groups is 2. The van der Waals surface area contributed by atoms with Crippen molar-refractivity contribution in [2.45, 2.75) is 19.5 Å². The summed E-state index contributed by atoms with van der Waals surface area (Å²) < 4.78 is 28.6. The summed E-state index contributed by atoms with van der Waals surface area (Å²) >= 11 is 0. The zero-order valence-electron chi connectivity index (χ0n) is 11.2. The van der Waals surface area contributed by atoms with Crippen LogP contribution in [0.15, 0.2) is 24.3 Å². The molecular formula is C14H15F2NO4. The summed E-state index contributed by atoms with van der Waals surface area (Å²) in [6.45, 7) is -2.26. The number of piperidine rings is 1. The highest BCUT2D eigenvalue weighted by Gasteiger charge is 2.27. The smallest absolute Gasteiger partial charge is 0.387 e. The van der Waals surface area contributed by atoms with Gasteiger partial charge in [0.2, 0.25) is 0 Å². The van der Waals surface area contributed by atoms with Crippen molar-refractivity contribution in [2.75, 3.05) is 13.1 Å². The van der Waals surface area contributed by atoms with Crippen molar-refractivity contribution >= 4 is 11.9 Å². The molecule has 1 amide bonds. The molecule has 0 bridgehead atoms. The normalized spacial score (nSPS) is 16.0. The fourth-order valence-electron chi connectivity index (χ4n) is 2.32. The number of carboxylic acids is 1. The molecule has 0 radical (unpaired) electrons. The number of halogens is 2. The van der Waals surface area contributed by atoms with Crippen molar-refractivity contribution in [1.29, 1.82) is 0 Å². The Labute approximate surface area is 120 Å². The Morgan fingerprint density at radius 1 is 1.29 bits per heavy atom. The number of carbonyl (C=O) groups excluding carboxylic acids is 1. The molecule has 0 saturated carbocycles. The van der Waals surface area contributed by atoms with Gasteiger partial charge in [-0.15, -0.1) is 0 Å². The first-order valence-electron chi connectivity index (χ1n) is 6.54. The fraction of sp³-hybridized carbons (Fsp3) is 0.429. The molecular weight excluding hydrogens is 284 g/mol. The van der Waals surface area contributed by atoms with Crippen molar-refractivity contribution in [3.05, 3.63) is 29.8 Å². The maximum atomic E-state index is 12.2. The van der Waals surface area contributed by atoms with Gasteiger partial charge in [0.1, 0.15) is 5.75 Å². The number of nitrogens with zero attached hydrogens (tertiary/aromatic N) is 1. The summed E-state index contributed by atoms with van der Waals surface area (Å²) in [6.07, 6.45) is 0.794. The minimum atomic E-state index is -2.94.